The summed E-state index contributed by atoms with van der Waals surface area (Å²) in [7, 11) is 0. The number of benzene rings is 1. The van der Waals surface area contributed by atoms with E-state index in [0.29, 0.717) is 0 Å². The fourth-order valence-electron chi connectivity index (χ4n) is 1.38. The summed E-state index contributed by atoms with van der Waals surface area (Å²) in [6.07, 6.45) is 0. The van der Waals surface area contributed by atoms with Gasteiger partial charge in [0.1, 0.15) is 0 Å². The summed E-state index contributed by atoms with van der Waals surface area (Å²) in [6.45, 7) is 1.46. The Hall–Kier alpha value is -3.15. The van der Waals surface area contributed by atoms with E-state index in [4.69, 9.17) is 10.4 Å². The largest absolute Gasteiger partial charge is 0.504 e. The third-order valence-corrected chi connectivity index (χ3v) is 2.40. The maximum Gasteiger partial charge on any atom is 0.333 e. The lowest BCUT2D eigenvalue weighted by atomic mass is 10.1. The lowest BCUT2D eigenvalue weighted by Crippen LogP contribution is -2.30. The average Bonchev–Trinajstić information content (AvgIpc) is 2.43. The molecule has 0 saturated carbocycles. The van der Waals surface area contributed by atoms with Crippen LogP contribution in [-0.2, 0) is 14.3 Å². The zero-order chi connectivity index (χ0) is 16.2. The van der Waals surface area contributed by atoms with E-state index < -0.39 is 46.5 Å². The molecule has 1 aromatic carbocycles. The lowest BCUT2D eigenvalue weighted by Gasteiger charge is -2.12. The van der Waals surface area contributed by atoms with Gasteiger partial charge in [0.05, 0.1) is 18.4 Å². The van der Waals surface area contributed by atoms with Crippen LogP contribution in [0.3, 0.4) is 0 Å². The monoisotopic (exact) mass is 296 g/mol. The van der Waals surface area contributed by atoms with Crippen molar-refractivity contribution in [1.29, 1.82) is 5.26 Å². The van der Waals surface area contributed by atoms with E-state index in [-0.39, 0.29) is 6.61 Å². The van der Waals surface area contributed by atoms with Gasteiger partial charge < -0.3 is 30.5 Å². The summed E-state index contributed by atoms with van der Waals surface area (Å²) >= 11 is 0. The molecule has 1 atom stereocenters. The SMILES string of the molecule is CCOC(=O)C(C#N)C(=O)Nc1cc(O)c(O)c(O)c1O. The molecule has 5 N–H and O–H groups in total. The number of hydrogen-bond donors (Lipinski definition) is 5. The average molecular weight is 296 g/mol. The number of phenolic OH excluding ortho intramolecular Hbond substituents is 4. The molecule has 0 saturated heterocycles. The maximum absolute atomic E-state index is 11.7. The van der Waals surface area contributed by atoms with Gasteiger partial charge in [0.25, 0.3) is 5.91 Å². The van der Waals surface area contributed by atoms with Crippen molar-refractivity contribution in [2.45, 2.75) is 6.92 Å². The molecular weight excluding hydrogens is 284 g/mol. The molecule has 0 aliphatic rings. The van der Waals surface area contributed by atoms with Crippen LogP contribution in [0.4, 0.5) is 5.69 Å². The predicted molar refractivity (Wildman–Crippen MR) is 67.5 cm³/mol. The zero-order valence-corrected chi connectivity index (χ0v) is 10.8. The molecule has 0 aliphatic carbocycles. The van der Waals surface area contributed by atoms with Gasteiger partial charge in [-0.25, -0.2) is 0 Å². The molecular formula is C12H12N2O7. The standard InChI is InChI=1S/C12H12N2O7/c1-2-21-12(20)5(4-13)11(19)14-6-3-7(15)9(17)10(18)8(6)16/h3,5,15-18H,2H2,1H3,(H,14,19). The first-order valence-electron chi connectivity index (χ1n) is 5.67. The number of phenols is 4. The summed E-state index contributed by atoms with van der Waals surface area (Å²) in [6, 6.07) is 2.16. The van der Waals surface area contributed by atoms with Gasteiger partial charge in [0.2, 0.25) is 17.4 Å². The minimum Gasteiger partial charge on any atom is -0.504 e. The molecule has 9 nitrogen and oxygen atoms in total. The molecule has 0 fully saturated rings. The van der Waals surface area contributed by atoms with Crippen molar-refractivity contribution in [3.8, 4) is 29.1 Å². The Bertz CT molecular complexity index is 621. The first-order valence-corrected chi connectivity index (χ1v) is 5.67. The summed E-state index contributed by atoms with van der Waals surface area (Å²) in [5.74, 6) is -7.78. The van der Waals surface area contributed by atoms with E-state index in [1.54, 1.807) is 0 Å². The van der Waals surface area contributed by atoms with Crippen LogP contribution in [0.15, 0.2) is 6.07 Å². The Balaban J connectivity index is 3.04. The summed E-state index contributed by atoms with van der Waals surface area (Å²) in [5.41, 5.74) is -0.489. The van der Waals surface area contributed by atoms with Crippen molar-refractivity contribution >= 4 is 17.6 Å². The van der Waals surface area contributed by atoms with Crippen LogP contribution in [0.2, 0.25) is 0 Å². The van der Waals surface area contributed by atoms with Crippen molar-refractivity contribution < 1.29 is 34.8 Å². The fraction of sp³-hybridized carbons (Fsp3) is 0.250. The number of rotatable bonds is 4. The van der Waals surface area contributed by atoms with E-state index >= 15 is 0 Å². The van der Waals surface area contributed by atoms with E-state index in [9.17, 15) is 24.9 Å². The van der Waals surface area contributed by atoms with E-state index in [0.717, 1.165) is 6.07 Å². The topological polar surface area (TPSA) is 160 Å². The van der Waals surface area contributed by atoms with Crippen LogP contribution < -0.4 is 5.32 Å². The van der Waals surface area contributed by atoms with Gasteiger partial charge in [0.15, 0.2) is 11.5 Å². The number of hydrogen-bond acceptors (Lipinski definition) is 8. The van der Waals surface area contributed by atoms with Gasteiger partial charge in [-0.1, -0.05) is 0 Å². The maximum atomic E-state index is 11.7. The van der Waals surface area contributed by atoms with Crippen LogP contribution in [0, 0.1) is 17.2 Å². The highest BCUT2D eigenvalue weighted by Crippen LogP contribution is 2.46. The van der Waals surface area contributed by atoms with Crippen molar-refractivity contribution in [2.75, 3.05) is 11.9 Å². The minimum atomic E-state index is -1.79. The quantitative estimate of drug-likeness (QED) is 0.227. The number of esters is 1. The fourth-order valence-corrected chi connectivity index (χ4v) is 1.38. The second-order valence-electron chi connectivity index (χ2n) is 3.79. The lowest BCUT2D eigenvalue weighted by molar-refractivity contribution is -0.148. The molecule has 9 heteroatoms. The number of aromatic hydroxyl groups is 4. The first kappa shape index (κ1) is 15.9. The molecule has 0 heterocycles. The predicted octanol–water partition coefficient (Wildman–Crippen LogP) is 0.150. The second kappa shape index (κ2) is 6.33. The molecule has 1 rings (SSSR count). The van der Waals surface area contributed by atoms with Gasteiger partial charge in [-0.2, -0.15) is 5.26 Å². The molecule has 112 valence electrons. The number of nitrogens with zero attached hydrogens (tertiary/aromatic N) is 1. The van der Waals surface area contributed by atoms with Gasteiger partial charge in [0, 0.05) is 6.07 Å². The molecule has 0 radical (unpaired) electrons. The Morgan fingerprint density at radius 3 is 2.43 bits per heavy atom. The molecule has 21 heavy (non-hydrogen) atoms. The number of amides is 1. The number of anilines is 1. The first-order chi connectivity index (χ1) is 9.83. The molecule has 1 aromatic rings. The van der Waals surface area contributed by atoms with Crippen LogP contribution in [-0.4, -0.2) is 38.9 Å². The van der Waals surface area contributed by atoms with Crippen LogP contribution >= 0.6 is 0 Å². The highest BCUT2D eigenvalue weighted by Gasteiger charge is 2.29. The molecule has 0 aliphatic heterocycles. The van der Waals surface area contributed by atoms with Gasteiger partial charge in [-0.3, -0.25) is 9.59 Å². The minimum absolute atomic E-state index is 0.0314. The number of ether oxygens (including phenoxy) is 1. The van der Waals surface area contributed by atoms with E-state index in [1.807, 2.05) is 5.32 Å². The van der Waals surface area contributed by atoms with Crippen molar-refractivity contribution in [2.24, 2.45) is 5.92 Å². The molecule has 1 unspecified atom stereocenters. The number of nitrogens with one attached hydrogen (secondary N) is 1. The normalized spacial score (nSPS) is 11.2. The number of nitriles is 1. The zero-order valence-electron chi connectivity index (χ0n) is 10.8. The third kappa shape index (κ3) is 3.24. The summed E-state index contributed by atoms with van der Waals surface area (Å²) in [5, 5.41) is 48.0. The highest BCUT2D eigenvalue weighted by atomic mass is 16.5. The van der Waals surface area contributed by atoms with Gasteiger partial charge in [-0.15, -0.1) is 0 Å². The van der Waals surface area contributed by atoms with E-state index in [1.165, 1.54) is 13.0 Å². The van der Waals surface area contributed by atoms with Crippen molar-refractivity contribution in [3.63, 3.8) is 0 Å². The molecule has 0 aromatic heterocycles. The smallest absolute Gasteiger partial charge is 0.333 e. The van der Waals surface area contributed by atoms with Crippen molar-refractivity contribution in [3.05, 3.63) is 6.07 Å². The van der Waals surface area contributed by atoms with Crippen molar-refractivity contribution in [1.82, 2.24) is 0 Å². The van der Waals surface area contributed by atoms with Gasteiger partial charge in [-0.05, 0) is 6.92 Å². The second-order valence-corrected chi connectivity index (χ2v) is 3.79. The summed E-state index contributed by atoms with van der Waals surface area (Å²) < 4.78 is 4.53. The third-order valence-electron chi connectivity index (χ3n) is 2.40. The summed E-state index contributed by atoms with van der Waals surface area (Å²) in [4.78, 5) is 23.1. The van der Waals surface area contributed by atoms with Crippen LogP contribution in [0.25, 0.3) is 0 Å². The van der Waals surface area contributed by atoms with Gasteiger partial charge >= 0.3 is 5.97 Å². The van der Waals surface area contributed by atoms with Crippen LogP contribution in [0.5, 0.6) is 23.0 Å². The highest BCUT2D eigenvalue weighted by molar-refractivity contribution is 6.07. The molecule has 1 amide bonds. The Labute approximate surface area is 118 Å². The number of carbonyl (C=O) groups is 2. The Morgan fingerprint density at radius 1 is 1.29 bits per heavy atom. The van der Waals surface area contributed by atoms with E-state index in [2.05, 4.69) is 4.74 Å². The Kier molecular flexibility index (Phi) is 4.80. The van der Waals surface area contributed by atoms with Crippen LogP contribution in [0.1, 0.15) is 6.92 Å². The number of carbonyl (C=O) groups excluding carboxylic acids is 2. The Morgan fingerprint density at radius 2 is 1.90 bits per heavy atom. The molecule has 0 spiro atoms. The molecule has 0 bridgehead atoms.